The van der Waals surface area contributed by atoms with Crippen molar-refractivity contribution in [3.8, 4) is 5.75 Å². The first-order valence-corrected chi connectivity index (χ1v) is 12.6. The monoisotopic (exact) mass is 513 g/mol. The third-order valence-electron chi connectivity index (χ3n) is 6.95. The van der Waals surface area contributed by atoms with Crippen LogP contribution in [-0.2, 0) is 4.79 Å². The van der Waals surface area contributed by atoms with Gasteiger partial charge in [-0.15, -0.1) is 0 Å². The van der Waals surface area contributed by atoms with E-state index in [1.807, 2.05) is 6.92 Å². The van der Waals surface area contributed by atoms with Gasteiger partial charge in [0.05, 0.1) is 24.8 Å². The summed E-state index contributed by atoms with van der Waals surface area (Å²) in [7, 11) is 1.67. The average Bonchev–Trinajstić information content (AvgIpc) is 3.68. The number of hydrogen-bond donors (Lipinski definition) is 3. The molecule has 2 aliphatic rings. The first-order chi connectivity index (χ1) is 17.6. The van der Waals surface area contributed by atoms with E-state index < -0.39 is 12.1 Å². The molecule has 4 rings (SSSR count). The molecule has 0 radical (unpaired) electrons. The number of aliphatic hydroxyl groups excluding tert-OH is 1. The van der Waals surface area contributed by atoms with Crippen molar-refractivity contribution < 1.29 is 28.8 Å². The van der Waals surface area contributed by atoms with Crippen molar-refractivity contribution in [2.45, 2.75) is 52.7 Å². The highest BCUT2D eigenvalue weighted by molar-refractivity contribution is 6.00. The zero-order chi connectivity index (χ0) is 26.9. The lowest BCUT2D eigenvalue weighted by atomic mass is 9.99. The van der Waals surface area contributed by atoms with Crippen LogP contribution in [0, 0.1) is 25.7 Å². The number of carbonyl (C=O) groups excluding carboxylic acids is 3. The summed E-state index contributed by atoms with van der Waals surface area (Å²) in [5.74, 6) is 0.402. The number of aliphatic hydroxyl groups is 1. The molecule has 3 atom stereocenters. The number of ether oxygens (including phenoxy) is 1. The lowest BCUT2D eigenvalue weighted by Crippen LogP contribution is -2.50. The second kappa shape index (κ2) is 10.8. The van der Waals surface area contributed by atoms with Crippen LogP contribution < -0.4 is 15.4 Å². The summed E-state index contributed by atoms with van der Waals surface area (Å²) in [5, 5.41) is 19.4. The van der Waals surface area contributed by atoms with E-state index >= 15 is 0 Å². The van der Waals surface area contributed by atoms with Gasteiger partial charge >= 0.3 is 6.03 Å². The fourth-order valence-electron chi connectivity index (χ4n) is 4.32. The first kappa shape index (κ1) is 26.5. The SMILES string of the molecule is Cc1noc(C)c1NC(=O)N(C)C[C@@H]1Oc2ccc(NC(=O)C3CC3)cc2C(=O)N([C@H](C)CO)C[C@H]1C. The minimum Gasteiger partial charge on any atom is -0.487 e. The van der Waals surface area contributed by atoms with Crippen molar-refractivity contribution in [1.82, 2.24) is 15.0 Å². The minimum absolute atomic E-state index is 0.0252. The summed E-state index contributed by atoms with van der Waals surface area (Å²) in [6.45, 7) is 7.57. The molecule has 0 unspecified atom stereocenters. The van der Waals surface area contributed by atoms with Crippen LogP contribution in [0.15, 0.2) is 22.7 Å². The summed E-state index contributed by atoms with van der Waals surface area (Å²) in [4.78, 5) is 41.9. The van der Waals surface area contributed by atoms with E-state index in [9.17, 15) is 19.5 Å². The van der Waals surface area contributed by atoms with Crippen LogP contribution in [0.3, 0.4) is 0 Å². The Bertz CT molecular complexity index is 1160. The Morgan fingerprint density at radius 3 is 2.62 bits per heavy atom. The number of amides is 4. The van der Waals surface area contributed by atoms with Crippen LogP contribution in [0.5, 0.6) is 5.75 Å². The Morgan fingerprint density at radius 2 is 2.00 bits per heavy atom. The van der Waals surface area contributed by atoms with Crippen LogP contribution >= 0.6 is 0 Å². The topological polar surface area (TPSA) is 137 Å². The third-order valence-corrected chi connectivity index (χ3v) is 6.95. The molecule has 1 fully saturated rings. The predicted molar refractivity (Wildman–Crippen MR) is 137 cm³/mol. The number of urea groups is 1. The summed E-state index contributed by atoms with van der Waals surface area (Å²) in [5.41, 5.74) is 1.93. The van der Waals surface area contributed by atoms with Gasteiger partial charge in [0.25, 0.3) is 5.91 Å². The van der Waals surface area contributed by atoms with Gasteiger partial charge in [0.15, 0.2) is 5.76 Å². The molecule has 11 heteroatoms. The number of aryl methyl sites for hydroxylation is 2. The van der Waals surface area contributed by atoms with Crippen LogP contribution in [-0.4, -0.2) is 76.8 Å². The maximum Gasteiger partial charge on any atom is 0.321 e. The van der Waals surface area contributed by atoms with Crippen molar-refractivity contribution >= 4 is 29.2 Å². The molecule has 200 valence electrons. The normalized spacial score (nSPS) is 20.3. The number of nitrogens with zero attached hydrogens (tertiary/aromatic N) is 3. The van der Waals surface area contributed by atoms with Crippen molar-refractivity contribution in [3.05, 3.63) is 35.2 Å². The van der Waals surface area contributed by atoms with E-state index in [1.165, 1.54) is 4.90 Å². The summed E-state index contributed by atoms with van der Waals surface area (Å²) in [6.07, 6.45) is 1.29. The van der Waals surface area contributed by atoms with Gasteiger partial charge in [-0.3, -0.25) is 9.59 Å². The van der Waals surface area contributed by atoms with Crippen molar-refractivity contribution in [1.29, 1.82) is 0 Å². The van der Waals surface area contributed by atoms with Crippen LogP contribution in [0.2, 0.25) is 0 Å². The van der Waals surface area contributed by atoms with Gasteiger partial charge in [-0.05, 0) is 51.8 Å². The highest BCUT2D eigenvalue weighted by Crippen LogP contribution is 2.33. The largest absolute Gasteiger partial charge is 0.487 e. The van der Waals surface area contributed by atoms with Crippen LogP contribution in [0.25, 0.3) is 0 Å². The van der Waals surface area contributed by atoms with E-state index in [-0.39, 0.29) is 42.8 Å². The Hall–Kier alpha value is -3.60. The quantitative estimate of drug-likeness (QED) is 0.517. The zero-order valence-corrected chi connectivity index (χ0v) is 21.9. The molecule has 2 heterocycles. The Balaban J connectivity index is 1.57. The molecule has 0 spiro atoms. The first-order valence-electron chi connectivity index (χ1n) is 12.6. The molecule has 1 aliphatic carbocycles. The molecule has 0 saturated heterocycles. The lowest BCUT2D eigenvalue weighted by Gasteiger charge is -2.38. The Morgan fingerprint density at radius 1 is 1.27 bits per heavy atom. The number of aromatic nitrogens is 1. The van der Waals surface area contributed by atoms with Gasteiger partial charge in [-0.25, -0.2) is 4.79 Å². The number of benzene rings is 1. The van der Waals surface area contributed by atoms with Gasteiger partial charge in [-0.2, -0.15) is 0 Å². The Labute approximate surface area is 216 Å². The molecule has 11 nitrogen and oxygen atoms in total. The molecular formula is C26H35N5O6. The predicted octanol–water partition coefficient (Wildman–Crippen LogP) is 3.02. The lowest BCUT2D eigenvalue weighted by molar-refractivity contribution is -0.117. The molecule has 1 aromatic heterocycles. The van der Waals surface area contributed by atoms with Gasteiger partial charge < -0.3 is 34.8 Å². The molecule has 0 bridgehead atoms. The number of fused-ring (bicyclic) bond motifs is 1. The molecule has 1 aliphatic heterocycles. The molecule has 37 heavy (non-hydrogen) atoms. The van der Waals surface area contributed by atoms with E-state index in [0.29, 0.717) is 40.7 Å². The number of likely N-dealkylation sites (N-methyl/N-ethyl adjacent to an activating group) is 1. The highest BCUT2D eigenvalue weighted by atomic mass is 16.5. The number of nitrogens with one attached hydrogen (secondary N) is 2. The standard InChI is InChI=1S/C26H35N5O6/c1-14-11-31(15(2)13-32)25(34)20-10-19(27-24(33)18-6-7-18)8-9-21(20)36-22(14)12-30(5)26(35)28-23-16(3)29-37-17(23)4/h8-10,14-15,18,22,32H,6-7,11-13H2,1-5H3,(H,27,33)(H,28,35)/t14-,15-,22+/m1/s1. The van der Waals surface area contributed by atoms with Gasteiger partial charge in [0.1, 0.15) is 23.2 Å². The molecular weight excluding hydrogens is 478 g/mol. The second-order valence-corrected chi connectivity index (χ2v) is 10.1. The highest BCUT2D eigenvalue weighted by Gasteiger charge is 2.35. The van der Waals surface area contributed by atoms with Crippen LogP contribution in [0.4, 0.5) is 16.2 Å². The Kier molecular flexibility index (Phi) is 7.72. The van der Waals surface area contributed by atoms with E-state index in [2.05, 4.69) is 15.8 Å². The van der Waals surface area contributed by atoms with E-state index in [0.717, 1.165) is 12.8 Å². The second-order valence-electron chi connectivity index (χ2n) is 10.1. The number of hydrogen-bond acceptors (Lipinski definition) is 7. The summed E-state index contributed by atoms with van der Waals surface area (Å²) < 4.78 is 11.5. The summed E-state index contributed by atoms with van der Waals surface area (Å²) >= 11 is 0. The molecule has 1 aromatic carbocycles. The van der Waals surface area contributed by atoms with Crippen LogP contribution in [0.1, 0.15) is 48.5 Å². The molecule has 1 saturated carbocycles. The molecule has 2 aromatic rings. The number of anilines is 2. The molecule has 3 N–H and O–H groups in total. The van der Waals surface area contributed by atoms with Gasteiger partial charge in [0, 0.05) is 31.1 Å². The van der Waals surface area contributed by atoms with Gasteiger partial charge in [-0.1, -0.05) is 12.1 Å². The van der Waals surface area contributed by atoms with Crippen molar-refractivity contribution in [2.75, 3.05) is 37.4 Å². The molecule has 4 amide bonds. The minimum atomic E-state index is -0.451. The fourth-order valence-corrected chi connectivity index (χ4v) is 4.32. The third kappa shape index (κ3) is 5.87. The number of rotatable bonds is 7. The van der Waals surface area contributed by atoms with Crippen molar-refractivity contribution in [2.24, 2.45) is 11.8 Å². The van der Waals surface area contributed by atoms with Crippen molar-refractivity contribution in [3.63, 3.8) is 0 Å². The maximum absolute atomic E-state index is 13.5. The van der Waals surface area contributed by atoms with E-state index in [4.69, 9.17) is 9.26 Å². The average molecular weight is 514 g/mol. The maximum atomic E-state index is 13.5. The van der Waals surface area contributed by atoms with Gasteiger partial charge in [0.2, 0.25) is 5.91 Å². The smallest absolute Gasteiger partial charge is 0.321 e. The zero-order valence-electron chi connectivity index (χ0n) is 21.9. The summed E-state index contributed by atoms with van der Waals surface area (Å²) in [6, 6.07) is 4.24. The fraction of sp³-hybridized carbons (Fsp3) is 0.538. The number of carbonyl (C=O) groups is 3. The van der Waals surface area contributed by atoms with E-state index in [1.54, 1.807) is 50.9 Å².